The van der Waals surface area contributed by atoms with Crippen LogP contribution in [0.5, 0.6) is 5.75 Å². The zero-order chi connectivity index (χ0) is 31.6. The molecule has 3 N–H and O–H groups in total. The Morgan fingerprint density at radius 1 is 1.17 bits per heavy atom. The summed E-state index contributed by atoms with van der Waals surface area (Å²) in [5, 5.41) is 14.6. The highest BCUT2D eigenvalue weighted by Crippen LogP contribution is 2.38. The van der Waals surface area contributed by atoms with E-state index in [0.717, 1.165) is 4.31 Å². The highest BCUT2D eigenvalue weighted by Gasteiger charge is 2.38. The average molecular weight is 602 g/mol. The van der Waals surface area contributed by atoms with Gasteiger partial charge < -0.3 is 19.7 Å². The van der Waals surface area contributed by atoms with E-state index in [2.05, 4.69) is 10.6 Å². The quantitative estimate of drug-likeness (QED) is 0.346. The molecule has 12 nitrogen and oxygen atoms in total. The van der Waals surface area contributed by atoms with Crippen molar-refractivity contribution in [2.24, 2.45) is 5.41 Å². The van der Waals surface area contributed by atoms with Crippen LogP contribution in [-0.2, 0) is 32.8 Å². The monoisotopic (exact) mass is 601 g/mol. The number of amides is 4. The summed E-state index contributed by atoms with van der Waals surface area (Å²) in [5.41, 5.74) is 0.547. The number of carbonyl (C=O) groups excluding carboxylic acids is 3. The number of carbonyl (C=O) groups is 4. The fraction of sp³-hybridized carbons (Fsp3) is 0.448. The molecule has 1 saturated heterocycles. The fourth-order valence-electron chi connectivity index (χ4n) is 4.45. The van der Waals surface area contributed by atoms with Crippen molar-refractivity contribution >= 4 is 46.5 Å². The lowest BCUT2D eigenvalue weighted by Gasteiger charge is -2.38. The highest BCUT2D eigenvalue weighted by molar-refractivity contribution is 7.76. The van der Waals surface area contributed by atoms with Crippen LogP contribution in [0, 0.1) is 5.41 Å². The van der Waals surface area contributed by atoms with Gasteiger partial charge in [-0.1, -0.05) is 32.9 Å². The molecule has 2 aromatic rings. The van der Waals surface area contributed by atoms with Crippen LogP contribution in [0.3, 0.4) is 0 Å². The van der Waals surface area contributed by atoms with Gasteiger partial charge >= 0.3 is 12.0 Å². The van der Waals surface area contributed by atoms with E-state index in [1.165, 1.54) is 32.8 Å². The molecule has 0 radical (unpaired) electrons. The predicted molar refractivity (Wildman–Crippen MR) is 157 cm³/mol. The van der Waals surface area contributed by atoms with Crippen LogP contribution in [0.2, 0.25) is 0 Å². The Balaban J connectivity index is 1.90. The van der Waals surface area contributed by atoms with Crippen LogP contribution in [0.15, 0.2) is 36.4 Å². The molecule has 0 saturated carbocycles. The van der Waals surface area contributed by atoms with Gasteiger partial charge in [0.1, 0.15) is 5.75 Å². The molecular weight excluding hydrogens is 564 g/mol. The number of carboxylic acids is 1. The summed E-state index contributed by atoms with van der Waals surface area (Å²) in [5.74, 6) is -1.64. The zero-order valence-corrected chi connectivity index (χ0v) is 25.6. The highest BCUT2D eigenvalue weighted by atomic mass is 32.2. The first kappa shape index (κ1) is 32.7. The first-order chi connectivity index (χ1) is 19.5. The molecule has 2 unspecified atom stereocenters. The van der Waals surface area contributed by atoms with Gasteiger partial charge in [0.15, 0.2) is 0 Å². The maximum Gasteiger partial charge on any atom is 0.328 e. The van der Waals surface area contributed by atoms with Crippen LogP contribution >= 0.6 is 0 Å². The Morgan fingerprint density at radius 2 is 1.79 bits per heavy atom. The van der Waals surface area contributed by atoms with E-state index in [1.807, 2.05) is 20.8 Å². The standard InChI is InChI=1S/C29H38N4O8S/c1-17(29(5,6)26(36)37)33(42(39)40)16-18-8-10-19(11-9-18)30-25(35)21-14-20(32-13-12-23(34)31-27(32)38)15-22(24(21)41-7)28(2,3)4/h8-11,14-15,17H,12-13,16H2,1-7H3,(H,30,35)(H,36,37)(H,39,40)(H,31,34,38)/p-1. The summed E-state index contributed by atoms with van der Waals surface area (Å²) >= 11 is -2.67. The summed E-state index contributed by atoms with van der Waals surface area (Å²) in [6.45, 7) is 10.4. The van der Waals surface area contributed by atoms with Crippen LogP contribution in [0.1, 0.15) is 69.4 Å². The molecule has 1 heterocycles. The Labute approximate surface area is 247 Å². The molecule has 13 heteroatoms. The molecule has 228 valence electrons. The summed E-state index contributed by atoms with van der Waals surface area (Å²) in [7, 11) is 1.46. The SMILES string of the molecule is COc1c(C(=O)Nc2ccc(CN(C(C)C(C)(C)C(=O)O)S(=O)[O-])cc2)cc(N2CCC(=O)NC2=O)cc1C(C)(C)C. The number of hydrogen-bond acceptors (Lipinski definition) is 7. The molecule has 42 heavy (non-hydrogen) atoms. The van der Waals surface area contributed by atoms with E-state index in [0.29, 0.717) is 28.3 Å². The molecular formula is C29H37N4O8S-. The van der Waals surface area contributed by atoms with Gasteiger partial charge in [0.05, 0.1) is 18.1 Å². The molecule has 1 aliphatic rings. The van der Waals surface area contributed by atoms with Crippen LogP contribution in [0.4, 0.5) is 16.2 Å². The second-order valence-corrected chi connectivity index (χ2v) is 12.6. The number of imide groups is 1. The van der Waals surface area contributed by atoms with Crippen molar-refractivity contribution in [2.45, 2.75) is 66.0 Å². The molecule has 2 aromatic carbocycles. The topological polar surface area (TPSA) is 168 Å². The second-order valence-electron chi connectivity index (χ2n) is 11.7. The lowest BCUT2D eigenvalue weighted by atomic mass is 9.84. The number of ether oxygens (including phenoxy) is 1. The minimum atomic E-state index is -2.67. The van der Waals surface area contributed by atoms with E-state index >= 15 is 0 Å². The van der Waals surface area contributed by atoms with Crippen molar-refractivity contribution in [3.63, 3.8) is 0 Å². The third-order valence-electron chi connectivity index (χ3n) is 7.47. The lowest BCUT2D eigenvalue weighted by Crippen LogP contribution is -2.49. The average Bonchev–Trinajstić information content (AvgIpc) is 2.90. The number of nitrogens with zero attached hydrogens (tertiary/aromatic N) is 2. The third-order valence-corrected chi connectivity index (χ3v) is 8.29. The van der Waals surface area contributed by atoms with E-state index < -0.39 is 46.0 Å². The zero-order valence-electron chi connectivity index (χ0n) is 24.8. The molecule has 0 bridgehead atoms. The van der Waals surface area contributed by atoms with Crippen molar-refractivity contribution in [3.8, 4) is 5.75 Å². The number of rotatable bonds is 10. The number of urea groups is 1. The normalized spacial score (nSPS) is 15.7. The van der Waals surface area contributed by atoms with Crippen molar-refractivity contribution in [2.75, 3.05) is 23.9 Å². The van der Waals surface area contributed by atoms with E-state index in [9.17, 15) is 33.0 Å². The number of nitrogens with one attached hydrogen (secondary N) is 2. The number of carboxylic acid groups (broad SMARTS) is 1. The van der Waals surface area contributed by atoms with Gasteiger partial charge in [-0.15, -0.1) is 0 Å². The van der Waals surface area contributed by atoms with Crippen molar-refractivity contribution in [1.29, 1.82) is 0 Å². The molecule has 4 amide bonds. The first-order valence-corrected chi connectivity index (χ1v) is 14.3. The van der Waals surface area contributed by atoms with Crippen LogP contribution in [0.25, 0.3) is 0 Å². The summed E-state index contributed by atoms with van der Waals surface area (Å²) in [6, 6.07) is 8.40. The molecule has 0 spiro atoms. The lowest BCUT2D eigenvalue weighted by molar-refractivity contribution is -0.149. The molecule has 1 fully saturated rings. The van der Waals surface area contributed by atoms with Crippen molar-refractivity contribution < 1.29 is 37.8 Å². The largest absolute Gasteiger partial charge is 0.760 e. The first-order valence-electron chi connectivity index (χ1n) is 13.3. The molecule has 2 atom stereocenters. The number of methoxy groups -OCH3 is 1. The van der Waals surface area contributed by atoms with Gasteiger partial charge in [-0.05, 0) is 56.0 Å². The maximum atomic E-state index is 13.5. The van der Waals surface area contributed by atoms with Crippen LogP contribution < -0.4 is 20.3 Å². The molecule has 0 aromatic heterocycles. The van der Waals surface area contributed by atoms with Crippen molar-refractivity contribution in [1.82, 2.24) is 9.62 Å². The van der Waals surface area contributed by atoms with E-state index in [-0.39, 0.29) is 31.0 Å². The van der Waals surface area contributed by atoms with Crippen molar-refractivity contribution in [3.05, 3.63) is 53.1 Å². The molecule has 3 rings (SSSR count). The Morgan fingerprint density at radius 3 is 2.29 bits per heavy atom. The van der Waals surface area contributed by atoms with Gasteiger partial charge in [0.2, 0.25) is 5.91 Å². The van der Waals surface area contributed by atoms with Gasteiger partial charge in [0.25, 0.3) is 5.91 Å². The van der Waals surface area contributed by atoms with Gasteiger partial charge in [0, 0.05) is 53.8 Å². The minimum absolute atomic E-state index is 0.0621. The summed E-state index contributed by atoms with van der Waals surface area (Å²) in [6.07, 6.45) is 0.125. The number of benzene rings is 2. The van der Waals surface area contributed by atoms with Gasteiger partial charge in [-0.3, -0.25) is 28.8 Å². The minimum Gasteiger partial charge on any atom is -0.760 e. The summed E-state index contributed by atoms with van der Waals surface area (Å²) in [4.78, 5) is 50.8. The smallest absolute Gasteiger partial charge is 0.328 e. The Bertz CT molecular complexity index is 1400. The predicted octanol–water partition coefficient (Wildman–Crippen LogP) is 3.79. The number of aliphatic carboxylic acids is 1. The van der Waals surface area contributed by atoms with Gasteiger partial charge in [-0.25, -0.2) is 9.10 Å². The maximum absolute atomic E-state index is 13.5. The molecule has 0 aliphatic carbocycles. The van der Waals surface area contributed by atoms with Crippen LogP contribution in [-0.4, -0.2) is 61.7 Å². The third kappa shape index (κ3) is 7.15. The Kier molecular flexibility index (Phi) is 9.81. The Hall–Kier alpha value is -3.81. The van der Waals surface area contributed by atoms with E-state index in [1.54, 1.807) is 36.4 Å². The number of anilines is 2. The fourth-order valence-corrected chi connectivity index (χ4v) is 5.23. The second kappa shape index (κ2) is 12.6. The van der Waals surface area contributed by atoms with Gasteiger partial charge in [-0.2, -0.15) is 0 Å². The summed E-state index contributed by atoms with van der Waals surface area (Å²) < 4.78 is 30.6. The van der Waals surface area contributed by atoms with E-state index in [4.69, 9.17) is 4.74 Å². The molecule has 1 aliphatic heterocycles. The number of hydrogen-bond donors (Lipinski definition) is 3.